The molecular weight excluding hydrogens is 468 g/mol. The van der Waals surface area contributed by atoms with Crippen molar-refractivity contribution >= 4 is 46.3 Å². The number of hydrogen-bond acceptors (Lipinski definition) is 7. The average Bonchev–Trinajstić information content (AvgIpc) is 3.20. The maximum atomic E-state index is 12.5. The van der Waals surface area contributed by atoms with Crippen molar-refractivity contribution in [3.05, 3.63) is 64.7 Å². The summed E-state index contributed by atoms with van der Waals surface area (Å²) in [5, 5.41) is 13.5. The first-order chi connectivity index (χ1) is 16.9. The maximum Gasteiger partial charge on any atom is 0.283 e. The minimum atomic E-state index is -0.446. The number of benzene rings is 2. The Labute approximate surface area is 207 Å². The van der Waals surface area contributed by atoms with Gasteiger partial charge in [-0.2, -0.15) is 4.99 Å². The van der Waals surface area contributed by atoms with Crippen LogP contribution in [-0.4, -0.2) is 48.0 Å². The van der Waals surface area contributed by atoms with Crippen LogP contribution in [0.15, 0.2) is 64.1 Å². The van der Waals surface area contributed by atoms with Crippen LogP contribution in [0.25, 0.3) is 6.08 Å². The van der Waals surface area contributed by atoms with E-state index in [2.05, 4.69) is 10.3 Å². The van der Waals surface area contributed by atoms with Gasteiger partial charge in [-0.15, -0.1) is 0 Å². The summed E-state index contributed by atoms with van der Waals surface area (Å²) < 4.78 is 16.9. The van der Waals surface area contributed by atoms with Crippen LogP contribution < -0.4 is 19.5 Å². The van der Waals surface area contributed by atoms with Crippen LogP contribution in [0.3, 0.4) is 0 Å². The quantitative estimate of drug-likeness (QED) is 0.418. The van der Waals surface area contributed by atoms with Crippen molar-refractivity contribution in [3.63, 3.8) is 0 Å². The van der Waals surface area contributed by atoms with Gasteiger partial charge in [-0.3, -0.25) is 19.9 Å². The number of allylic oxidation sites excluding steroid dienone is 1. The molecule has 2 N–H and O–H groups in total. The van der Waals surface area contributed by atoms with Gasteiger partial charge in [0.25, 0.3) is 5.91 Å². The molecule has 180 valence electrons. The van der Waals surface area contributed by atoms with E-state index >= 15 is 0 Å². The van der Waals surface area contributed by atoms with Crippen LogP contribution in [0.4, 0.5) is 5.69 Å². The molecule has 9 nitrogen and oxygen atoms in total. The van der Waals surface area contributed by atoms with Gasteiger partial charge < -0.3 is 19.5 Å². The van der Waals surface area contributed by atoms with Crippen molar-refractivity contribution in [2.24, 2.45) is 4.99 Å². The van der Waals surface area contributed by atoms with E-state index in [1.54, 1.807) is 53.4 Å². The molecule has 0 saturated carbocycles. The van der Waals surface area contributed by atoms with Crippen LogP contribution in [0.5, 0.6) is 17.2 Å². The second kappa shape index (κ2) is 10.5. The molecule has 0 saturated heterocycles. The van der Waals surface area contributed by atoms with Crippen LogP contribution >= 0.6 is 11.8 Å². The third-order valence-electron chi connectivity index (χ3n) is 5.07. The molecule has 2 heterocycles. The Hall–Kier alpha value is -4.05. The van der Waals surface area contributed by atoms with Crippen LogP contribution in [0.2, 0.25) is 0 Å². The summed E-state index contributed by atoms with van der Waals surface area (Å²) in [5.74, 6) is 1.19. The van der Waals surface area contributed by atoms with Crippen LogP contribution in [-0.2, 0) is 9.59 Å². The number of amides is 2. The van der Waals surface area contributed by atoms with Gasteiger partial charge in [-0.05, 0) is 60.4 Å². The molecule has 2 aliphatic rings. The number of nitrogens with one attached hydrogen (secondary N) is 2. The molecule has 2 amide bonds. The molecule has 10 heteroatoms. The number of ether oxygens (including phenoxy) is 3. The number of amidine groups is 2. The monoisotopic (exact) mass is 492 g/mol. The molecule has 0 fully saturated rings. The third kappa shape index (κ3) is 5.55. The lowest BCUT2D eigenvalue weighted by Crippen LogP contribution is -2.37. The highest BCUT2D eigenvalue weighted by Gasteiger charge is 2.34. The lowest BCUT2D eigenvalue weighted by Gasteiger charge is -2.25. The smallest absolute Gasteiger partial charge is 0.283 e. The van der Waals surface area contributed by atoms with E-state index in [0.717, 1.165) is 5.70 Å². The van der Waals surface area contributed by atoms with Crippen molar-refractivity contribution in [1.82, 2.24) is 4.90 Å². The highest BCUT2D eigenvalue weighted by atomic mass is 32.2. The van der Waals surface area contributed by atoms with E-state index in [-0.39, 0.29) is 23.9 Å². The van der Waals surface area contributed by atoms with E-state index in [1.165, 1.54) is 25.8 Å². The summed E-state index contributed by atoms with van der Waals surface area (Å²) in [6.45, 7) is 3.91. The van der Waals surface area contributed by atoms with Gasteiger partial charge in [-0.1, -0.05) is 17.8 Å². The van der Waals surface area contributed by atoms with Crippen molar-refractivity contribution in [2.45, 2.75) is 13.8 Å². The molecule has 0 aliphatic carbocycles. The third-order valence-corrected chi connectivity index (χ3v) is 6.01. The number of methoxy groups -OCH3 is 1. The molecule has 0 atom stereocenters. The fraction of sp³-hybridized carbons (Fsp3) is 0.200. The average molecular weight is 493 g/mol. The maximum absolute atomic E-state index is 12.5. The number of nitrogens with zero attached hydrogens (tertiary/aromatic N) is 2. The Morgan fingerprint density at radius 2 is 1.89 bits per heavy atom. The Kier molecular flexibility index (Phi) is 7.21. The van der Waals surface area contributed by atoms with Gasteiger partial charge in [0.2, 0.25) is 5.91 Å². The van der Waals surface area contributed by atoms with Gasteiger partial charge in [0, 0.05) is 18.3 Å². The molecule has 0 aromatic heterocycles. The summed E-state index contributed by atoms with van der Waals surface area (Å²) in [4.78, 5) is 29.3. The summed E-state index contributed by atoms with van der Waals surface area (Å²) in [6, 6.07) is 12.3. The normalized spacial score (nSPS) is 16.0. The molecule has 2 aromatic rings. The predicted octanol–water partition coefficient (Wildman–Crippen LogP) is 4.28. The highest BCUT2D eigenvalue weighted by Crippen LogP contribution is 2.33. The Balaban J connectivity index is 1.38. The fourth-order valence-electron chi connectivity index (χ4n) is 3.45. The topological polar surface area (TPSA) is 113 Å². The summed E-state index contributed by atoms with van der Waals surface area (Å²) >= 11 is 1.33. The molecule has 2 aliphatic heterocycles. The van der Waals surface area contributed by atoms with Gasteiger partial charge >= 0.3 is 0 Å². The molecule has 0 bridgehead atoms. The van der Waals surface area contributed by atoms with E-state index in [0.29, 0.717) is 40.3 Å². The van der Waals surface area contributed by atoms with Gasteiger partial charge in [0.05, 0.1) is 12.7 Å². The zero-order valence-electron chi connectivity index (χ0n) is 19.5. The SMILES string of the molecule is COc1cc(/C=C2/C(=N)N3C(C)=CSC3=NC2=O)ccc1OCCOc1ccc(NC(C)=O)cc1. The first-order valence-corrected chi connectivity index (χ1v) is 11.6. The van der Waals surface area contributed by atoms with E-state index in [1.807, 2.05) is 12.3 Å². The molecule has 35 heavy (non-hydrogen) atoms. The first kappa shape index (κ1) is 24.1. The largest absolute Gasteiger partial charge is 0.493 e. The second-order valence-electron chi connectivity index (χ2n) is 7.63. The zero-order chi connectivity index (χ0) is 24.9. The predicted molar refractivity (Wildman–Crippen MR) is 136 cm³/mol. The number of anilines is 1. The van der Waals surface area contributed by atoms with E-state index < -0.39 is 5.91 Å². The van der Waals surface area contributed by atoms with Crippen LogP contribution in [0.1, 0.15) is 19.4 Å². The molecule has 4 rings (SSSR count). The number of aliphatic imine (C=N–C) groups is 1. The van der Waals surface area contributed by atoms with Gasteiger partial charge in [-0.25, -0.2) is 0 Å². The van der Waals surface area contributed by atoms with Crippen LogP contribution in [0, 0.1) is 5.41 Å². The Bertz CT molecular complexity index is 1270. The fourth-order valence-corrected chi connectivity index (χ4v) is 4.31. The van der Waals surface area contributed by atoms with Crippen molar-refractivity contribution in [1.29, 1.82) is 5.41 Å². The molecule has 0 unspecified atom stereocenters. The summed E-state index contributed by atoms with van der Waals surface area (Å²) in [6.07, 6.45) is 1.63. The lowest BCUT2D eigenvalue weighted by atomic mass is 10.1. The molecular formula is C25H24N4O5S. The van der Waals surface area contributed by atoms with Crippen molar-refractivity contribution in [2.75, 3.05) is 25.6 Å². The van der Waals surface area contributed by atoms with Crippen molar-refractivity contribution < 1.29 is 23.8 Å². The molecule has 2 aromatic carbocycles. The lowest BCUT2D eigenvalue weighted by molar-refractivity contribution is -0.115. The number of thioether (sulfide) groups is 1. The number of carbonyl (C=O) groups is 2. The van der Waals surface area contributed by atoms with Crippen molar-refractivity contribution in [3.8, 4) is 17.2 Å². The number of carbonyl (C=O) groups excluding carboxylic acids is 2. The number of hydrogen-bond donors (Lipinski definition) is 2. The summed E-state index contributed by atoms with van der Waals surface area (Å²) in [7, 11) is 1.53. The zero-order valence-corrected chi connectivity index (χ0v) is 20.3. The van der Waals surface area contributed by atoms with Gasteiger partial charge in [0.1, 0.15) is 24.8 Å². The molecule has 0 radical (unpaired) electrons. The Morgan fingerprint density at radius 1 is 1.14 bits per heavy atom. The standard InChI is InChI=1S/C25H24N4O5S/c1-15-14-35-25-28-24(31)20(23(26)29(15)25)12-17-4-9-21(22(13-17)32-3)34-11-10-33-19-7-5-18(6-8-19)27-16(2)30/h4-9,12-14,26H,10-11H2,1-3H3,(H,27,30)/b20-12-,26-23?. The van der Waals surface area contributed by atoms with Gasteiger partial charge in [0.15, 0.2) is 16.7 Å². The molecule has 0 spiro atoms. The second-order valence-corrected chi connectivity index (χ2v) is 8.47. The Morgan fingerprint density at radius 3 is 2.60 bits per heavy atom. The van der Waals surface area contributed by atoms with E-state index in [4.69, 9.17) is 19.6 Å². The van der Waals surface area contributed by atoms with E-state index in [9.17, 15) is 9.59 Å². The first-order valence-electron chi connectivity index (χ1n) is 10.7. The summed E-state index contributed by atoms with van der Waals surface area (Å²) in [5.41, 5.74) is 2.44. The highest BCUT2D eigenvalue weighted by molar-refractivity contribution is 8.16. The minimum absolute atomic E-state index is 0.0975. The minimum Gasteiger partial charge on any atom is -0.493 e. The number of fused-ring (bicyclic) bond motifs is 1. The number of rotatable bonds is 8.